The van der Waals surface area contributed by atoms with E-state index in [1.54, 1.807) is 0 Å². The molecule has 0 saturated heterocycles. The summed E-state index contributed by atoms with van der Waals surface area (Å²) in [4.78, 5) is 0. The monoisotopic (exact) mass is 414 g/mol. The third-order valence-corrected chi connectivity index (χ3v) is 3.89. The average Bonchev–Trinajstić information content (AvgIpc) is 3.20. The molecular weight excluding hydrogens is 390 g/mol. The Morgan fingerprint density at radius 3 is 1.14 bits per heavy atom. The first-order valence-electron chi connectivity index (χ1n) is 8.24. The fourth-order valence-corrected chi connectivity index (χ4v) is 2.70. The van der Waals surface area contributed by atoms with Crippen molar-refractivity contribution >= 4 is 17.0 Å². The molecule has 2 aliphatic carbocycles. The van der Waals surface area contributed by atoms with Crippen LogP contribution in [0.2, 0.25) is 0 Å². The number of rotatable bonds is 10. The molecule has 2 aliphatic rings. The van der Waals surface area contributed by atoms with Gasteiger partial charge in [0, 0.05) is 0 Å². The second-order valence-corrected chi connectivity index (χ2v) is 9.36. The fourth-order valence-electron chi connectivity index (χ4n) is 2.70. The molecule has 0 atom stereocenters. The van der Waals surface area contributed by atoms with Crippen LogP contribution >= 0.6 is 17.0 Å². The van der Waals surface area contributed by atoms with Gasteiger partial charge >= 0.3 is 37.9 Å². The van der Waals surface area contributed by atoms with Crippen molar-refractivity contribution in [1.82, 2.24) is 0 Å². The number of hydrogen-bond acceptors (Lipinski definition) is 0. The Bertz CT molecular complexity index is 201. The molecule has 2 fully saturated rings. The van der Waals surface area contributed by atoms with Gasteiger partial charge in [-0.15, -0.1) is 0 Å². The van der Waals surface area contributed by atoms with E-state index in [0.29, 0.717) is 0 Å². The molecule has 118 valence electrons. The molecule has 0 spiro atoms. The number of unbranched alkanes of at least 4 members (excludes halogenated alkanes) is 6. The Kier molecular flexibility index (Phi) is 15.6. The minimum atomic E-state index is -0.826. The molecule has 0 nitrogen and oxygen atoms in total. The van der Waals surface area contributed by atoms with Crippen LogP contribution in [-0.2, 0) is 20.8 Å². The first-order valence-corrected chi connectivity index (χ1v) is 14.6. The minimum absolute atomic E-state index is 0.826. The van der Waals surface area contributed by atoms with Crippen LogP contribution in [0.5, 0.6) is 0 Å². The van der Waals surface area contributed by atoms with E-state index in [1.807, 2.05) is 0 Å². The van der Waals surface area contributed by atoms with Gasteiger partial charge in [-0.1, -0.05) is 44.9 Å². The molecule has 0 aromatic rings. The molecule has 0 N–H and O–H groups in total. The molecule has 10 radical (unpaired) electrons. The average molecular weight is 417 g/mol. The van der Waals surface area contributed by atoms with Gasteiger partial charge in [0.15, 0.2) is 0 Å². The SMILES string of the molecule is [CH]1[CH][CH][C](CCCCCCCCC[C]2[CH][CH][CH][CH]2)[CH]1.[Cl][Zr+2][Cl]. The van der Waals surface area contributed by atoms with E-state index in [9.17, 15) is 0 Å². The van der Waals surface area contributed by atoms with E-state index in [-0.39, 0.29) is 0 Å². The summed E-state index contributed by atoms with van der Waals surface area (Å²) in [5.41, 5.74) is 0. The summed E-state index contributed by atoms with van der Waals surface area (Å²) < 4.78 is 0. The summed E-state index contributed by atoms with van der Waals surface area (Å²) in [6.45, 7) is 0. The second-order valence-electron chi connectivity index (χ2n) is 5.63. The van der Waals surface area contributed by atoms with Crippen molar-refractivity contribution in [2.24, 2.45) is 0 Å². The Labute approximate surface area is 158 Å². The number of hydrogen-bond donors (Lipinski definition) is 0. The van der Waals surface area contributed by atoms with Gasteiger partial charge in [-0.2, -0.15) is 0 Å². The third-order valence-electron chi connectivity index (χ3n) is 3.89. The zero-order chi connectivity index (χ0) is 15.9. The van der Waals surface area contributed by atoms with E-state index >= 15 is 0 Å². The van der Waals surface area contributed by atoms with E-state index < -0.39 is 20.8 Å². The first kappa shape index (κ1) is 21.5. The maximum atomic E-state index is 4.93. The molecule has 22 heavy (non-hydrogen) atoms. The zero-order valence-electron chi connectivity index (χ0n) is 13.2. The second kappa shape index (κ2) is 16.0. The van der Waals surface area contributed by atoms with Gasteiger partial charge in [0.05, 0.1) is 0 Å². The molecule has 0 aromatic carbocycles. The van der Waals surface area contributed by atoms with Crippen molar-refractivity contribution < 1.29 is 20.8 Å². The first-order chi connectivity index (χ1) is 10.9. The van der Waals surface area contributed by atoms with Crippen molar-refractivity contribution in [3.63, 3.8) is 0 Å². The normalized spacial score (nSPS) is 19.0. The van der Waals surface area contributed by atoms with Crippen LogP contribution < -0.4 is 0 Å². The van der Waals surface area contributed by atoms with Crippen molar-refractivity contribution in [3.8, 4) is 0 Å². The molecular formula is C19H26Cl2Zr+2. The summed E-state index contributed by atoms with van der Waals surface area (Å²) in [6, 6.07) is 0. The summed E-state index contributed by atoms with van der Waals surface area (Å²) in [7, 11) is 9.87. The molecule has 0 aromatic heterocycles. The predicted molar refractivity (Wildman–Crippen MR) is 94.1 cm³/mol. The van der Waals surface area contributed by atoms with Gasteiger partial charge in [0.1, 0.15) is 0 Å². The van der Waals surface area contributed by atoms with Crippen molar-refractivity contribution in [3.05, 3.63) is 63.2 Å². The van der Waals surface area contributed by atoms with Gasteiger partial charge in [0.2, 0.25) is 0 Å². The van der Waals surface area contributed by atoms with E-state index in [0.717, 1.165) is 0 Å². The Hall–Kier alpha value is 1.46. The van der Waals surface area contributed by atoms with Crippen LogP contribution in [0, 0.1) is 63.2 Å². The molecule has 0 unspecified atom stereocenters. The van der Waals surface area contributed by atoms with Gasteiger partial charge in [0.25, 0.3) is 0 Å². The molecule has 0 aliphatic heterocycles. The number of halogens is 2. The van der Waals surface area contributed by atoms with Crippen LogP contribution in [-0.4, -0.2) is 0 Å². The van der Waals surface area contributed by atoms with Gasteiger partial charge in [-0.25, -0.2) is 0 Å². The van der Waals surface area contributed by atoms with E-state index in [2.05, 4.69) is 51.4 Å². The molecule has 0 heterocycles. The van der Waals surface area contributed by atoms with Crippen molar-refractivity contribution in [2.45, 2.75) is 57.8 Å². The van der Waals surface area contributed by atoms with Crippen molar-refractivity contribution in [2.75, 3.05) is 0 Å². The third kappa shape index (κ3) is 11.9. The summed E-state index contributed by atoms with van der Waals surface area (Å²) >= 11 is -0.826. The van der Waals surface area contributed by atoms with Gasteiger partial charge in [-0.3, -0.25) is 0 Å². The quantitative estimate of drug-likeness (QED) is 0.348. The fraction of sp³-hybridized carbons (Fsp3) is 0.474. The topological polar surface area (TPSA) is 0 Å². The Morgan fingerprint density at radius 1 is 0.545 bits per heavy atom. The molecule has 0 bridgehead atoms. The zero-order valence-corrected chi connectivity index (χ0v) is 17.2. The maximum absolute atomic E-state index is 4.93. The van der Waals surface area contributed by atoms with Crippen LogP contribution in [0.4, 0.5) is 0 Å². The molecule has 2 rings (SSSR count). The van der Waals surface area contributed by atoms with E-state index in [4.69, 9.17) is 17.0 Å². The summed E-state index contributed by atoms with van der Waals surface area (Å²) in [5.74, 6) is 3.02. The van der Waals surface area contributed by atoms with Gasteiger partial charge < -0.3 is 0 Å². The molecule has 3 heteroatoms. The van der Waals surface area contributed by atoms with E-state index in [1.165, 1.54) is 69.6 Å². The van der Waals surface area contributed by atoms with Crippen LogP contribution in [0.25, 0.3) is 0 Å². The van der Waals surface area contributed by atoms with Crippen LogP contribution in [0.1, 0.15) is 57.8 Å². The molecule has 2 saturated carbocycles. The van der Waals surface area contributed by atoms with Crippen LogP contribution in [0.15, 0.2) is 0 Å². The Morgan fingerprint density at radius 2 is 0.818 bits per heavy atom. The summed E-state index contributed by atoms with van der Waals surface area (Å²) in [5, 5.41) is 0. The van der Waals surface area contributed by atoms with Gasteiger partial charge in [-0.05, 0) is 76.0 Å². The van der Waals surface area contributed by atoms with Crippen LogP contribution in [0.3, 0.4) is 0 Å². The van der Waals surface area contributed by atoms with Crippen molar-refractivity contribution in [1.29, 1.82) is 0 Å². The Balaban J connectivity index is 0.000000745. The predicted octanol–water partition coefficient (Wildman–Crippen LogP) is 6.68. The molecule has 0 amide bonds. The summed E-state index contributed by atoms with van der Waals surface area (Å²) in [6.07, 6.45) is 29.8. The standard InChI is InChI=1S/C19H26.2ClH.Zr/c1(2-4-6-12-18-14-8-9-15-18)3-5-7-13-19-16-10-11-17-19;;;/h8-11,14-17H,1-7,12-13H2;2*1H;/q;;;+4/p-2.